The van der Waals surface area contributed by atoms with Gasteiger partial charge in [0.25, 0.3) is 0 Å². The van der Waals surface area contributed by atoms with Crippen LogP contribution in [0.4, 0.5) is 10.1 Å². The predicted octanol–water partition coefficient (Wildman–Crippen LogP) is 4.56. The number of aryl methyl sites for hydroxylation is 2. The van der Waals surface area contributed by atoms with Gasteiger partial charge in [-0.15, -0.1) is 0 Å². The van der Waals surface area contributed by atoms with Crippen LogP contribution in [0.1, 0.15) is 29.8 Å². The molecule has 4 aromatic rings. The van der Waals surface area contributed by atoms with E-state index >= 15 is 0 Å². The van der Waals surface area contributed by atoms with Gasteiger partial charge in [0.1, 0.15) is 11.5 Å². The number of benzene rings is 2. The summed E-state index contributed by atoms with van der Waals surface area (Å²) < 4.78 is 15.0. The fourth-order valence-corrected chi connectivity index (χ4v) is 3.78. The second-order valence-corrected chi connectivity index (χ2v) is 7.70. The average molecular weight is 404 g/mol. The Morgan fingerprint density at radius 1 is 1.13 bits per heavy atom. The fraction of sp³-hybridized carbons (Fsp3) is 0.250. The summed E-state index contributed by atoms with van der Waals surface area (Å²) in [4.78, 5) is 4.29. The van der Waals surface area contributed by atoms with Crippen molar-refractivity contribution in [3.05, 3.63) is 77.4 Å². The molecule has 0 aliphatic heterocycles. The van der Waals surface area contributed by atoms with Crippen molar-refractivity contribution in [2.75, 3.05) is 12.3 Å². The highest BCUT2D eigenvalue weighted by Gasteiger charge is 2.14. The van der Waals surface area contributed by atoms with E-state index in [-0.39, 0.29) is 11.9 Å². The largest absolute Gasteiger partial charge is 0.398 e. The van der Waals surface area contributed by atoms with E-state index < -0.39 is 0 Å². The minimum absolute atomic E-state index is 0.129. The van der Waals surface area contributed by atoms with Crippen molar-refractivity contribution in [2.24, 2.45) is 7.05 Å². The molecule has 0 aliphatic carbocycles. The van der Waals surface area contributed by atoms with Crippen LogP contribution in [0.3, 0.4) is 0 Å². The highest BCUT2D eigenvalue weighted by atomic mass is 19.1. The summed E-state index contributed by atoms with van der Waals surface area (Å²) >= 11 is 0. The summed E-state index contributed by atoms with van der Waals surface area (Å²) in [7, 11) is 1.94. The lowest BCUT2D eigenvalue weighted by Crippen LogP contribution is -2.21. The number of aromatic nitrogens is 3. The number of nitrogens with one attached hydrogen (secondary N) is 1. The van der Waals surface area contributed by atoms with Crippen LogP contribution in [-0.2, 0) is 13.5 Å². The fourth-order valence-electron chi connectivity index (χ4n) is 3.78. The number of anilines is 1. The van der Waals surface area contributed by atoms with Gasteiger partial charge in [-0.25, -0.2) is 4.39 Å². The first-order chi connectivity index (χ1) is 14.4. The number of nitrogens with zero attached hydrogens (tertiary/aromatic N) is 3. The van der Waals surface area contributed by atoms with Gasteiger partial charge in [-0.2, -0.15) is 5.10 Å². The van der Waals surface area contributed by atoms with Gasteiger partial charge in [0.05, 0.1) is 5.52 Å². The lowest BCUT2D eigenvalue weighted by molar-refractivity contribution is 0.573. The van der Waals surface area contributed by atoms with Gasteiger partial charge in [0.15, 0.2) is 0 Å². The number of pyridine rings is 1. The van der Waals surface area contributed by atoms with Crippen LogP contribution in [0, 0.1) is 12.7 Å². The second kappa shape index (κ2) is 8.24. The van der Waals surface area contributed by atoms with E-state index in [1.165, 1.54) is 12.1 Å². The molecule has 0 spiro atoms. The molecule has 0 saturated carbocycles. The summed E-state index contributed by atoms with van der Waals surface area (Å²) in [6.45, 7) is 4.81. The lowest BCUT2D eigenvalue weighted by Gasteiger charge is -2.15. The number of fused-ring (bicyclic) bond motifs is 1. The molecule has 2 aromatic carbocycles. The molecule has 6 heteroatoms. The topological polar surface area (TPSA) is 68.8 Å². The molecule has 2 heterocycles. The molecule has 30 heavy (non-hydrogen) atoms. The summed E-state index contributed by atoms with van der Waals surface area (Å²) in [6.07, 6.45) is 2.60. The highest BCUT2D eigenvalue weighted by molar-refractivity contribution is 5.95. The number of nitrogen functional groups attached to an aromatic ring is 1. The van der Waals surface area contributed by atoms with Gasteiger partial charge >= 0.3 is 0 Å². The number of hydrogen-bond acceptors (Lipinski definition) is 4. The molecule has 3 N–H and O–H groups in total. The molecular formula is C24H26FN5. The number of rotatable bonds is 6. The molecule has 2 aromatic heterocycles. The maximum atomic E-state index is 13.1. The quantitative estimate of drug-likeness (QED) is 0.463. The summed E-state index contributed by atoms with van der Waals surface area (Å²) in [5, 5.41) is 9.30. The summed E-state index contributed by atoms with van der Waals surface area (Å²) in [5.74, 6) is -0.219. The Kier molecular flexibility index (Phi) is 5.50. The number of halogens is 1. The highest BCUT2D eigenvalue weighted by Crippen LogP contribution is 2.31. The third-order valence-corrected chi connectivity index (χ3v) is 5.50. The molecule has 0 fully saturated rings. The van der Waals surface area contributed by atoms with Crippen LogP contribution in [0.2, 0.25) is 0 Å². The van der Waals surface area contributed by atoms with Gasteiger partial charge in [-0.1, -0.05) is 12.1 Å². The second-order valence-electron chi connectivity index (χ2n) is 7.70. The molecule has 0 radical (unpaired) electrons. The molecule has 0 unspecified atom stereocenters. The minimum Gasteiger partial charge on any atom is -0.398 e. The van der Waals surface area contributed by atoms with E-state index in [0.717, 1.165) is 57.6 Å². The van der Waals surface area contributed by atoms with E-state index in [1.807, 2.05) is 55.2 Å². The van der Waals surface area contributed by atoms with Gasteiger partial charge in [-0.3, -0.25) is 9.67 Å². The van der Waals surface area contributed by atoms with Gasteiger partial charge < -0.3 is 11.1 Å². The zero-order valence-electron chi connectivity index (χ0n) is 17.5. The van der Waals surface area contributed by atoms with E-state index in [2.05, 4.69) is 23.3 Å². The van der Waals surface area contributed by atoms with Crippen LogP contribution in [0.15, 0.2) is 54.7 Å². The van der Waals surface area contributed by atoms with Crippen molar-refractivity contribution in [3.8, 4) is 11.3 Å². The normalized spacial score (nSPS) is 12.4. The SMILES string of the molecule is Cc1cc(-c2nn(C)c3cc(N)c(CCN[C@H](C)c4ccc(F)cc4)cc23)ccn1. The van der Waals surface area contributed by atoms with Gasteiger partial charge in [0.2, 0.25) is 0 Å². The first kappa shape index (κ1) is 20.0. The first-order valence-corrected chi connectivity index (χ1v) is 10.1. The van der Waals surface area contributed by atoms with Crippen molar-refractivity contribution in [2.45, 2.75) is 26.3 Å². The standard InChI is InChI=1S/C24H26FN5/c1-15-12-19(9-10-27-15)24-21-13-18(22(26)14-23(21)30(3)29-24)8-11-28-16(2)17-4-6-20(25)7-5-17/h4-7,9-10,12-14,16,28H,8,11,26H2,1-3H3/t16-/m1/s1. The van der Waals surface area contributed by atoms with Crippen molar-refractivity contribution in [1.82, 2.24) is 20.1 Å². The van der Waals surface area contributed by atoms with Crippen LogP contribution >= 0.6 is 0 Å². The van der Waals surface area contributed by atoms with Crippen molar-refractivity contribution in [1.29, 1.82) is 0 Å². The monoisotopic (exact) mass is 403 g/mol. The Bertz CT molecular complexity index is 1180. The van der Waals surface area contributed by atoms with Crippen LogP contribution in [0.5, 0.6) is 0 Å². The van der Waals surface area contributed by atoms with Crippen LogP contribution < -0.4 is 11.1 Å². The van der Waals surface area contributed by atoms with Gasteiger partial charge in [-0.05, 0) is 74.3 Å². The number of nitrogens with two attached hydrogens (primary N) is 1. The Morgan fingerprint density at radius 2 is 1.90 bits per heavy atom. The van der Waals surface area contributed by atoms with Gasteiger partial charge in [0, 0.05) is 41.6 Å². The summed E-state index contributed by atoms with van der Waals surface area (Å²) in [6, 6.07) is 14.9. The third-order valence-electron chi connectivity index (χ3n) is 5.50. The van der Waals surface area contributed by atoms with Crippen molar-refractivity contribution >= 4 is 16.6 Å². The Balaban J connectivity index is 1.56. The third kappa shape index (κ3) is 4.04. The first-order valence-electron chi connectivity index (χ1n) is 10.1. The molecule has 0 saturated heterocycles. The van der Waals surface area contributed by atoms with Crippen LogP contribution in [0.25, 0.3) is 22.2 Å². The predicted molar refractivity (Wildman–Crippen MR) is 120 cm³/mol. The molecule has 1 atom stereocenters. The molecule has 4 rings (SSSR count). The van der Waals surface area contributed by atoms with E-state index in [1.54, 1.807) is 0 Å². The Hall–Kier alpha value is -3.25. The molecule has 0 aliphatic rings. The molecule has 5 nitrogen and oxygen atoms in total. The van der Waals surface area contributed by atoms with Crippen molar-refractivity contribution < 1.29 is 4.39 Å². The minimum atomic E-state index is -0.219. The molecular weight excluding hydrogens is 377 g/mol. The summed E-state index contributed by atoms with van der Waals surface area (Å²) in [5.41, 5.74) is 13.2. The maximum absolute atomic E-state index is 13.1. The lowest BCUT2D eigenvalue weighted by atomic mass is 10.0. The molecule has 154 valence electrons. The van der Waals surface area contributed by atoms with Crippen molar-refractivity contribution in [3.63, 3.8) is 0 Å². The number of hydrogen-bond donors (Lipinski definition) is 2. The van der Waals surface area contributed by atoms with Crippen LogP contribution in [-0.4, -0.2) is 21.3 Å². The Morgan fingerprint density at radius 3 is 2.63 bits per heavy atom. The molecule has 0 bridgehead atoms. The van der Waals surface area contributed by atoms with E-state index in [0.29, 0.717) is 0 Å². The zero-order chi connectivity index (χ0) is 21.3. The average Bonchev–Trinajstić information content (AvgIpc) is 3.04. The Labute approximate surface area is 175 Å². The van der Waals surface area contributed by atoms with E-state index in [9.17, 15) is 4.39 Å². The zero-order valence-corrected chi connectivity index (χ0v) is 17.5. The smallest absolute Gasteiger partial charge is 0.123 e. The van der Waals surface area contributed by atoms with E-state index in [4.69, 9.17) is 10.8 Å². The maximum Gasteiger partial charge on any atom is 0.123 e. The molecule has 0 amide bonds.